The molecule has 130 valence electrons. The van der Waals surface area contributed by atoms with Gasteiger partial charge in [-0.1, -0.05) is 12.1 Å². The van der Waals surface area contributed by atoms with Crippen LogP contribution in [0.15, 0.2) is 18.2 Å². The zero-order valence-corrected chi connectivity index (χ0v) is 13.7. The number of para-hydroxylation sites is 1. The van der Waals surface area contributed by atoms with Crippen LogP contribution in [0.3, 0.4) is 0 Å². The van der Waals surface area contributed by atoms with E-state index in [0.29, 0.717) is 5.56 Å². The number of hydrogen-bond acceptors (Lipinski definition) is 6. The van der Waals surface area contributed by atoms with E-state index >= 15 is 0 Å². The lowest BCUT2D eigenvalue weighted by molar-refractivity contribution is -0.121. The van der Waals surface area contributed by atoms with Gasteiger partial charge in [0.2, 0.25) is 15.9 Å². The van der Waals surface area contributed by atoms with E-state index < -0.39 is 35.0 Å². The van der Waals surface area contributed by atoms with Gasteiger partial charge in [0.1, 0.15) is 5.75 Å². The monoisotopic (exact) mass is 356 g/mol. The maximum absolute atomic E-state index is 11.8. The molecule has 11 heteroatoms. The highest BCUT2D eigenvalue weighted by Gasteiger charge is 2.37. The van der Waals surface area contributed by atoms with Gasteiger partial charge in [-0.2, -0.15) is 0 Å². The Morgan fingerprint density at radius 2 is 2.12 bits per heavy atom. The molecule has 1 aliphatic heterocycles. The predicted octanol–water partition coefficient (Wildman–Crippen LogP) is -1.24. The van der Waals surface area contributed by atoms with Gasteiger partial charge in [0.25, 0.3) is 0 Å². The first-order valence-corrected chi connectivity index (χ1v) is 9.00. The summed E-state index contributed by atoms with van der Waals surface area (Å²) in [5, 5.41) is 21.6. The first-order chi connectivity index (χ1) is 11.2. The van der Waals surface area contributed by atoms with Gasteiger partial charge in [-0.3, -0.25) is 4.79 Å². The third kappa shape index (κ3) is 4.70. The summed E-state index contributed by atoms with van der Waals surface area (Å²) in [5.41, 5.74) is 0.494. The van der Waals surface area contributed by atoms with E-state index in [1.165, 1.54) is 6.07 Å². The summed E-state index contributed by atoms with van der Waals surface area (Å²) < 4.78 is 29.3. The van der Waals surface area contributed by atoms with Crippen LogP contribution in [0.1, 0.15) is 22.3 Å². The smallest absolute Gasteiger partial charge is 0.534 e. The lowest BCUT2D eigenvalue weighted by Gasteiger charge is -2.28. The number of benzene rings is 1. The Morgan fingerprint density at radius 3 is 2.75 bits per heavy atom. The highest BCUT2D eigenvalue weighted by atomic mass is 32.2. The van der Waals surface area contributed by atoms with Crippen LogP contribution < -0.4 is 14.7 Å². The molecule has 0 aliphatic carbocycles. The number of carboxylic acids is 1. The van der Waals surface area contributed by atoms with E-state index in [1.807, 2.05) is 0 Å². The lowest BCUT2D eigenvalue weighted by atomic mass is 9.72. The Bertz CT molecular complexity index is 753. The standard InChI is InChI=1S/C13H17BN2O7S/c1-24(21,22)15-6-5-11(17)16-10-7-8-3-2-4-9(13(18)19)12(8)23-14(10)20/h2-4,10,15,20H,5-7H2,1H3,(H,16,17)(H,18,19). The number of sulfonamides is 1. The van der Waals surface area contributed by atoms with Crippen LogP contribution in [-0.4, -0.2) is 56.3 Å². The molecular formula is C13H17BN2O7S. The summed E-state index contributed by atoms with van der Waals surface area (Å²) in [7, 11) is -4.77. The lowest BCUT2D eigenvalue weighted by Crippen LogP contribution is -2.53. The van der Waals surface area contributed by atoms with Crippen molar-refractivity contribution in [3.8, 4) is 5.75 Å². The third-order valence-corrected chi connectivity index (χ3v) is 4.14. The van der Waals surface area contributed by atoms with Crippen LogP contribution in [0.25, 0.3) is 0 Å². The summed E-state index contributed by atoms with van der Waals surface area (Å²) in [6.45, 7) is -0.0614. The van der Waals surface area contributed by atoms with Crippen molar-refractivity contribution in [3.63, 3.8) is 0 Å². The molecular weight excluding hydrogens is 339 g/mol. The van der Waals surface area contributed by atoms with Crippen molar-refractivity contribution in [2.24, 2.45) is 0 Å². The molecule has 24 heavy (non-hydrogen) atoms. The average molecular weight is 356 g/mol. The molecule has 1 unspecified atom stereocenters. The Labute approximate surface area is 139 Å². The van der Waals surface area contributed by atoms with Gasteiger partial charge in [-0.05, 0) is 18.1 Å². The molecule has 0 fully saturated rings. The molecule has 1 aromatic carbocycles. The third-order valence-electron chi connectivity index (χ3n) is 3.41. The van der Waals surface area contributed by atoms with E-state index in [1.54, 1.807) is 12.1 Å². The molecule has 0 saturated heterocycles. The zero-order chi connectivity index (χ0) is 17.9. The molecule has 0 bridgehead atoms. The van der Waals surface area contributed by atoms with Crippen LogP contribution in [0.4, 0.5) is 0 Å². The quantitative estimate of drug-likeness (QED) is 0.467. The Kier molecular flexibility index (Phi) is 5.47. The molecule has 1 aromatic rings. The molecule has 1 amide bonds. The normalized spacial score (nSPS) is 16.9. The molecule has 2 rings (SSSR count). The summed E-state index contributed by atoms with van der Waals surface area (Å²) >= 11 is 0. The van der Waals surface area contributed by atoms with Crippen molar-refractivity contribution in [1.29, 1.82) is 0 Å². The topological polar surface area (TPSA) is 142 Å². The van der Waals surface area contributed by atoms with E-state index in [4.69, 9.17) is 9.76 Å². The molecule has 1 aliphatic rings. The summed E-state index contributed by atoms with van der Waals surface area (Å²) in [6, 6.07) is 4.57. The Hall–Kier alpha value is -2.11. The number of fused-ring (bicyclic) bond motifs is 1. The number of nitrogens with one attached hydrogen (secondary N) is 2. The van der Waals surface area contributed by atoms with Gasteiger partial charge < -0.3 is 20.1 Å². The second-order valence-electron chi connectivity index (χ2n) is 5.40. The molecule has 0 aromatic heterocycles. The van der Waals surface area contributed by atoms with E-state index in [-0.39, 0.29) is 30.7 Å². The molecule has 1 heterocycles. The minimum absolute atomic E-state index is 0.0614. The number of carboxylic acid groups (broad SMARTS) is 1. The fourth-order valence-electron chi connectivity index (χ4n) is 2.35. The number of rotatable bonds is 6. The maximum Gasteiger partial charge on any atom is 0.547 e. The van der Waals surface area contributed by atoms with Crippen molar-refractivity contribution in [1.82, 2.24) is 10.0 Å². The average Bonchev–Trinajstić information content (AvgIpc) is 2.46. The number of amides is 1. The fraction of sp³-hybridized carbons (Fsp3) is 0.385. The van der Waals surface area contributed by atoms with Crippen LogP contribution in [0.2, 0.25) is 0 Å². The highest BCUT2D eigenvalue weighted by molar-refractivity contribution is 7.88. The van der Waals surface area contributed by atoms with Crippen LogP contribution in [-0.2, 0) is 21.2 Å². The van der Waals surface area contributed by atoms with Crippen molar-refractivity contribution < 1.29 is 32.8 Å². The molecule has 4 N–H and O–H groups in total. The molecule has 9 nitrogen and oxygen atoms in total. The summed E-state index contributed by atoms with van der Waals surface area (Å²) in [6.07, 6.45) is 1.09. The first kappa shape index (κ1) is 18.2. The van der Waals surface area contributed by atoms with E-state index in [0.717, 1.165) is 6.26 Å². The van der Waals surface area contributed by atoms with Crippen LogP contribution >= 0.6 is 0 Å². The van der Waals surface area contributed by atoms with Crippen LogP contribution in [0.5, 0.6) is 5.75 Å². The van der Waals surface area contributed by atoms with E-state index in [2.05, 4.69) is 10.0 Å². The second-order valence-corrected chi connectivity index (χ2v) is 7.24. The van der Waals surface area contributed by atoms with Crippen molar-refractivity contribution in [2.45, 2.75) is 18.8 Å². The van der Waals surface area contributed by atoms with Gasteiger partial charge in [0, 0.05) is 13.0 Å². The number of hydrogen-bond donors (Lipinski definition) is 4. The number of carbonyl (C=O) groups excluding carboxylic acids is 1. The number of aromatic carboxylic acids is 1. The maximum atomic E-state index is 11.8. The van der Waals surface area contributed by atoms with Gasteiger partial charge >= 0.3 is 13.1 Å². The first-order valence-electron chi connectivity index (χ1n) is 7.11. The zero-order valence-electron chi connectivity index (χ0n) is 12.9. The van der Waals surface area contributed by atoms with E-state index in [9.17, 15) is 23.0 Å². The van der Waals surface area contributed by atoms with Gasteiger partial charge in [-0.15, -0.1) is 0 Å². The van der Waals surface area contributed by atoms with Crippen molar-refractivity contribution in [2.75, 3.05) is 12.8 Å². The van der Waals surface area contributed by atoms with Gasteiger partial charge in [0.15, 0.2) is 0 Å². The predicted molar refractivity (Wildman–Crippen MR) is 85.1 cm³/mol. The minimum Gasteiger partial charge on any atom is -0.534 e. The Morgan fingerprint density at radius 1 is 1.42 bits per heavy atom. The minimum atomic E-state index is -3.38. The largest absolute Gasteiger partial charge is 0.547 e. The number of carbonyl (C=O) groups is 2. The van der Waals surface area contributed by atoms with Gasteiger partial charge in [-0.25, -0.2) is 17.9 Å². The highest BCUT2D eigenvalue weighted by Crippen LogP contribution is 2.30. The molecule has 0 saturated carbocycles. The van der Waals surface area contributed by atoms with Crippen LogP contribution in [0, 0.1) is 0 Å². The van der Waals surface area contributed by atoms with Gasteiger partial charge in [0.05, 0.1) is 17.8 Å². The Balaban J connectivity index is 2.00. The summed E-state index contributed by atoms with van der Waals surface area (Å²) in [4.78, 5) is 23.0. The van der Waals surface area contributed by atoms with Crippen molar-refractivity contribution >= 4 is 29.0 Å². The van der Waals surface area contributed by atoms with Crippen molar-refractivity contribution in [3.05, 3.63) is 29.3 Å². The molecule has 0 radical (unpaired) electrons. The summed E-state index contributed by atoms with van der Waals surface area (Å²) in [5.74, 6) is -2.31. The fourth-order valence-corrected chi connectivity index (χ4v) is 2.82. The molecule has 0 spiro atoms. The molecule has 1 atom stereocenters. The SMILES string of the molecule is CS(=O)(=O)NCCC(=O)NC1Cc2cccc(C(=O)O)c2OB1O. The second kappa shape index (κ2) is 7.20.